The molecule has 4 nitrogen and oxygen atoms in total. The summed E-state index contributed by atoms with van der Waals surface area (Å²) in [5, 5.41) is 0. The van der Waals surface area contributed by atoms with E-state index in [4.69, 9.17) is 4.74 Å². The number of anilines is 1. The second-order valence-electron chi connectivity index (χ2n) is 8.12. The third-order valence-electron chi connectivity index (χ3n) is 5.99. The third kappa shape index (κ3) is 4.56. The van der Waals surface area contributed by atoms with Crippen molar-refractivity contribution in [3.05, 3.63) is 65.7 Å². The van der Waals surface area contributed by atoms with Crippen LogP contribution in [0.2, 0.25) is 0 Å². The number of piperidine rings is 1. The summed E-state index contributed by atoms with van der Waals surface area (Å²) in [5.74, 6) is 0. The van der Waals surface area contributed by atoms with Gasteiger partial charge >= 0.3 is 6.09 Å². The van der Waals surface area contributed by atoms with E-state index in [0.717, 1.165) is 37.2 Å². The van der Waals surface area contributed by atoms with E-state index in [1.165, 1.54) is 24.8 Å². The smallest absolute Gasteiger partial charge is 0.414 e. The minimum atomic E-state index is -0.213. The van der Waals surface area contributed by atoms with Crippen molar-refractivity contribution in [2.75, 3.05) is 24.5 Å². The maximum absolute atomic E-state index is 12.3. The molecule has 2 saturated heterocycles. The van der Waals surface area contributed by atoms with E-state index in [1.54, 1.807) is 4.90 Å². The molecule has 0 aliphatic carbocycles. The van der Waals surface area contributed by atoms with Crippen molar-refractivity contribution >= 4 is 11.8 Å². The first kappa shape index (κ1) is 19.0. The first-order valence-corrected chi connectivity index (χ1v) is 10.5. The molecule has 2 aliphatic rings. The second-order valence-corrected chi connectivity index (χ2v) is 8.12. The normalized spacial score (nSPS) is 23.0. The molecule has 0 radical (unpaired) electrons. The maximum Gasteiger partial charge on any atom is 0.414 e. The largest absolute Gasteiger partial charge is 0.444 e. The number of nitrogens with zero attached hydrogens (tertiary/aromatic N) is 2. The quantitative estimate of drug-likeness (QED) is 0.723. The molecule has 2 fully saturated rings. The van der Waals surface area contributed by atoms with E-state index >= 15 is 0 Å². The predicted octanol–water partition coefficient (Wildman–Crippen LogP) is 4.81. The summed E-state index contributed by atoms with van der Waals surface area (Å²) in [7, 11) is 0. The molecule has 4 rings (SSSR count). The fourth-order valence-corrected chi connectivity index (χ4v) is 4.46. The van der Waals surface area contributed by atoms with Crippen LogP contribution in [0.3, 0.4) is 0 Å². The highest BCUT2D eigenvalue weighted by atomic mass is 16.6. The summed E-state index contributed by atoms with van der Waals surface area (Å²) in [5.41, 5.74) is 3.51. The number of cyclic esters (lactones) is 1. The minimum Gasteiger partial charge on any atom is -0.444 e. The molecule has 28 heavy (non-hydrogen) atoms. The Morgan fingerprint density at radius 3 is 2.75 bits per heavy atom. The Hall–Kier alpha value is -2.33. The molecule has 2 unspecified atom stereocenters. The number of amides is 1. The number of hydrogen-bond acceptors (Lipinski definition) is 3. The van der Waals surface area contributed by atoms with Crippen molar-refractivity contribution < 1.29 is 9.53 Å². The number of rotatable bonds is 6. The Labute approximate surface area is 168 Å². The highest BCUT2D eigenvalue weighted by Gasteiger charge is 2.33. The van der Waals surface area contributed by atoms with Gasteiger partial charge in [-0.3, -0.25) is 9.80 Å². The van der Waals surface area contributed by atoms with Crippen molar-refractivity contribution in [3.63, 3.8) is 0 Å². The Morgan fingerprint density at radius 2 is 1.93 bits per heavy atom. The van der Waals surface area contributed by atoms with Crippen LogP contribution in [0.4, 0.5) is 10.5 Å². The highest BCUT2D eigenvalue weighted by molar-refractivity contribution is 5.89. The Balaban J connectivity index is 1.33. The minimum absolute atomic E-state index is 0.0210. The van der Waals surface area contributed by atoms with Gasteiger partial charge in [0.15, 0.2) is 0 Å². The molecule has 2 aromatic carbocycles. The molecule has 2 heterocycles. The van der Waals surface area contributed by atoms with E-state index in [1.807, 2.05) is 31.2 Å². The zero-order chi connectivity index (χ0) is 19.3. The molecule has 2 aliphatic heterocycles. The first-order chi connectivity index (χ1) is 13.7. The molecule has 4 heteroatoms. The summed E-state index contributed by atoms with van der Waals surface area (Å²) in [6, 6.07) is 19.5. The van der Waals surface area contributed by atoms with Crippen LogP contribution < -0.4 is 4.90 Å². The third-order valence-corrected chi connectivity index (χ3v) is 5.99. The number of aryl methyl sites for hydroxylation is 1. The highest BCUT2D eigenvalue weighted by Crippen LogP contribution is 2.26. The number of carbonyl (C=O) groups excluding carboxylic acids is 1. The monoisotopic (exact) mass is 378 g/mol. The molecule has 0 N–H and O–H groups in total. The number of hydrogen-bond donors (Lipinski definition) is 0. The van der Waals surface area contributed by atoms with Gasteiger partial charge < -0.3 is 4.74 Å². The van der Waals surface area contributed by atoms with Gasteiger partial charge in [0.05, 0.1) is 6.54 Å². The van der Waals surface area contributed by atoms with Gasteiger partial charge in [-0.2, -0.15) is 0 Å². The lowest BCUT2D eigenvalue weighted by atomic mass is 9.95. The first-order valence-electron chi connectivity index (χ1n) is 10.5. The molecule has 0 spiro atoms. The molecule has 0 saturated carbocycles. The van der Waals surface area contributed by atoms with Gasteiger partial charge in [0.2, 0.25) is 0 Å². The van der Waals surface area contributed by atoms with Gasteiger partial charge in [-0.05, 0) is 62.4 Å². The maximum atomic E-state index is 12.3. The van der Waals surface area contributed by atoms with Gasteiger partial charge in [-0.25, -0.2) is 4.79 Å². The average molecular weight is 379 g/mol. The fourth-order valence-electron chi connectivity index (χ4n) is 4.46. The van der Waals surface area contributed by atoms with Crippen LogP contribution in [0.1, 0.15) is 36.8 Å². The second kappa shape index (κ2) is 8.78. The molecule has 2 atom stereocenters. The van der Waals surface area contributed by atoms with Crippen molar-refractivity contribution in [2.24, 2.45) is 0 Å². The number of ether oxygens (including phenoxy) is 1. The molecule has 1 amide bonds. The molecular formula is C24H30N2O2. The number of likely N-dealkylation sites (tertiary alicyclic amines) is 1. The average Bonchev–Trinajstić information content (AvgIpc) is 3.09. The Morgan fingerprint density at radius 1 is 1.07 bits per heavy atom. The lowest BCUT2D eigenvalue weighted by Crippen LogP contribution is -2.42. The SMILES string of the molecule is Cc1cccc(N2CC(CCN3CCCCC3Cc3ccccc3)OC2=O)c1. The fraction of sp³-hybridized carbons (Fsp3) is 0.458. The lowest BCUT2D eigenvalue weighted by molar-refractivity contribution is 0.102. The summed E-state index contributed by atoms with van der Waals surface area (Å²) < 4.78 is 5.67. The lowest BCUT2D eigenvalue weighted by Gasteiger charge is -2.36. The summed E-state index contributed by atoms with van der Waals surface area (Å²) in [6.07, 6.45) is 5.62. The summed E-state index contributed by atoms with van der Waals surface area (Å²) in [4.78, 5) is 16.7. The zero-order valence-electron chi connectivity index (χ0n) is 16.7. The van der Waals surface area contributed by atoms with Crippen LogP contribution in [0.25, 0.3) is 0 Å². The van der Waals surface area contributed by atoms with Crippen LogP contribution >= 0.6 is 0 Å². The van der Waals surface area contributed by atoms with Gasteiger partial charge in [0, 0.05) is 18.3 Å². The van der Waals surface area contributed by atoms with Crippen molar-refractivity contribution in [3.8, 4) is 0 Å². The van der Waals surface area contributed by atoms with Gasteiger partial charge in [-0.1, -0.05) is 48.9 Å². The van der Waals surface area contributed by atoms with Crippen molar-refractivity contribution in [1.82, 2.24) is 4.90 Å². The standard InChI is InChI=1S/C24H30N2O2/c1-19-8-7-12-22(16-19)26-18-23(28-24(26)27)13-15-25-14-6-5-11-21(25)17-20-9-3-2-4-10-20/h2-4,7-10,12,16,21,23H,5-6,11,13-15,17-18H2,1H3. The van der Waals surface area contributed by atoms with Crippen molar-refractivity contribution in [1.29, 1.82) is 0 Å². The predicted molar refractivity (Wildman–Crippen MR) is 113 cm³/mol. The van der Waals surface area contributed by atoms with Crippen LogP contribution in [-0.2, 0) is 11.2 Å². The van der Waals surface area contributed by atoms with Crippen LogP contribution in [0, 0.1) is 6.92 Å². The summed E-state index contributed by atoms with van der Waals surface area (Å²) >= 11 is 0. The van der Waals surface area contributed by atoms with E-state index in [-0.39, 0.29) is 12.2 Å². The van der Waals surface area contributed by atoms with E-state index in [9.17, 15) is 4.79 Å². The van der Waals surface area contributed by atoms with Gasteiger partial charge in [-0.15, -0.1) is 0 Å². The Bertz CT molecular complexity index is 792. The number of carbonyl (C=O) groups is 1. The van der Waals surface area contributed by atoms with E-state index < -0.39 is 0 Å². The van der Waals surface area contributed by atoms with Crippen LogP contribution in [0.5, 0.6) is 0 Å². The summed E-state index contributed by atoms with van der Waals surface area (Å²) in [6.45, 7) is 4.85. The van der Waals surface area contributed by atoms with Gasteiger partial charge in [0.1, 0.15) is 6.10 Å². The van der Waals surface area contributed by atoms with Crippen LogP contribution in [0.15, 0.2) is 54.6 Å². The van der Waals surface area contributed by atoms with Gasteiger partial charge in [0.25, 0.3) is 0 Å². The molecular weight excluding hydrogens is 348 g/mol. The van der Waals surface area contributed by atoms with E-state index in [0.29, 0.717) is 12.6 Å². The molecule has 148 valence electrons. The van der Waals surface area contributed by atoms with E-state index in [2.05, 4.69) is 35.2 Å². The van der Waals surface area contributed by atoms with Crippen LogP contribution in [-0.4, -0.2) is 42.8 Å². The molecule has 2 aromatic rings. The Kier molecular flexibility index (Phi) is 5.96. The topological polar surface area (TPSA) is 32.8 Å². The van der Waals surface area contributed by atoms with Crippen molar-refractivity contribution in [2.45, 2.75) is 51.2 Å². The number of benzene rings is 2. The zero-order valence-corrected chi connectivity index (χ0v) is 16.7. The molecule has 0 aromatic heterocycles. The molecule has 0 bridgehead atoms.